The monoisotopic (exact) mass is 426 g/mol. The zero-order chi connectivity index (χ0) is 22.1. The van der Waals surface area contributed by atoms with Crippen molar-refractivity contribution in [1.29, 1.82) is 0 Å². The van der Waals surface area contributed by atoms with E-state index in [4.69, 9.17) is 4.42 Å². The van der Waals surface area contributed by atoms with Crippen molar-refractivity contribution < 1.29 is 14.4 Å². The standard InChI is InChI=1S/C19H18N6O6/c1-23-16-15(17(27)22-19(23)28)24(18(21-16)20-9-13-3-2-8-31-13)10-14(26)11-4-6-12(7-5-11)25(29)30/h2-8,14,26H,9-10H2,1H3,(H,20,21)(H,22,27,28). The van der Waals surface area contributed by atoms with Gasteiger partial charge in [-0.05, 0) is 29.8 Å². The molecule has 12 heteroatoms. The number of hydrogen-bond acceptors (Lipinski definition) is 8. The Morgan fingerprint density at radius 3 is 2.68 bits per heavy atom. The second kappa shape index (κ2) is 7.91. The van der Waals surface area contributed by atoms with Crippen molar-refractivity contribution in [2.45, 2.75) is 19.2 Å². The van der Waals surface area contributed by atoms with Crippen LogP contribution in [0.4, 0.5) is 11.6 Å². The number of aromatic amines is 1. The molecule has 0 saturated carbocycles. The van der Waals surface area contributed by atoms with Crippen LogP contribution in [0.2, 0.25) is 0 Å². The number of hydrogen-bond donors (Lipinski definition) is 3. The van der Waals surface area contributed by atoms with E-state index in [1.54, 1.807) is 12.1 Å². The summed E-state index contributed by atoms with van der Waals surface area (Å²) in [4.78, 5) is 41.4. The molecule has 1 aromatic carbocycles. The van der Waals surface area contributed by atoms with E-state index in [1.165, 1.54) is 46.7 Å². The minimum Gasteiger partial charge on any atom is -0.467 e. The van der Waals surface area contributed by atoms with Crippen LogP contribution in [-0.2, 0) is 20.1 Å². The third-order valence-electron chi connectivity index (χ3n) is 4.85. The highest BCUT2D eigenvalue weighted by molar-refractivity contribution is 5.74. The Kier molecular flexibility index (Phi) is 5.13. The molecule has 160 valence electrons. The first-order chi connectivity index (χ1) is 14.8. The maximum atomic E-state index is 12.5. The maximum absolute atomic E-state index is 12.5. The molecule has 0 radical (unpaired) electrons. The van der Waals surface area contributed by atoms with Gasteiger partial charge in [0, 0.05) is 19.2 Å². The highest BCUT2D eigenvalue weighted by atomic mass is 16.6. The van der Waals surface area contributed by atoms with Crippen molar-refractivity contribution in [1.82, 2.24) is 19.1 Å². The van der Waals surface area contributed by atoms with Crippen LogP contribution < -0.4 is 16.6 Å². The topological polar surface area (TPSA) is 161 Å². The van der Waals surface area contributed by atoms with E-state index in [2.05, 4.69) is 15.3 Å². The van der Waals surface area contributed by atoms with Crippen LogP contribution in [0.5, 0.6) is 0 Å². The Bertz CT molecular complexity index is 1350. The first kappa shape index (κ1) is 20.1. The number of benzene rings is 1. The molecule has 0 saturated heterocycles. The fourth-order valence-electron chi connectivity index (χ4n) is 3.22. The molecule has 0 fully saturated rings. The minimum absolute atomic E-state index is 0.0872. The van der Waals surface area contributed by atoms with Gasteiger partial charge in [0.1, 0.15) is 5.76 Å². The van der Waals surface area contributed by atoms with Crippen molar-refractivity contribution in [3.05, 3.63) is 84.9 Å². The van der Waals surface area contributed by atoms with Crippen molar-refractivity contribution in [3.63, 3.8) is 0 Å². The summed E-state index contributed by atoms with van der Waals surface area (Å²) in [6.07, 6.45) is 0.422. The van der Waals surface area contributed by atoms with Gasteiger partial charge in [0.15, 0.2) is 11.2 Å². The highest BCUT2D eigenvalue weighted by Gasteiger charge is 2.21. The minimum atomic E-state index is -1.10. The maximum Gasteiger partial charge on any atom is 0.329 e. The smallest absolute Gasteiger partial charge is 0.329 e. The van der Waals surface area contributed by atoms with Crippen molar-refractivity contribution in [3.8, 4) is 0 Å². The summed E-state index contributed by atoms with van der Waals surface area (Å²) in [6, 6.07) is 8.95. The van der Waals surface area contributed by atoms with Gasteiger partial charge in [-0.15, -0.1) is 0 Å². The first-order valence-electron chi connectivity index (χ1n) is 9.23. The van der Waals surface area contributed by atoms with Gasteiger partial charge in [-0.2, -0.15) is 4.98 Å². The number of nitrogens with one attached hydrogen (secondary N) is 2. The van der Waals surface area contributed by atoms with Crippen LogP contribution in [0.3, 0.4) is 0 Å². The number of H-pyrrole nitrogens is 1. The van der Waals surface area contributed by atoms with Crippen molar-refractivity contribution in [2.24, 2.45) is 7.05 Å². The number of imidazole rings is 1. The predicted molar refractivity (Wildman–Crippen MR) is 110 cm³/mol. The molecule has 1 atom stereocenters. The number of anilines is 1. The van der Waals surface area contributed by atoms with Crippen LogP contribution in [0, 0.1) is 10.1 Å². The zero-order valence-corrected chi connectivity index (χ0v) is 16.3. The predicted octanol–water partition coefficient (Wildman–Crippen LogP) is 1.27. The lowest BCUT2D eigenvalue weighted by Gasteiger charge is -2.15. The van der Waals surface area contributed by atoms with E-state index in [0.717, 1.165) is 0 Å². The summed E-state index contributed by atoms with van der Waals surface area (Å²) in [5, 5.41) is 24.6. The summed E-state index contributed by atoms with van der Waals surface area (Å²) in [5.41, 5.74) is -0.693. The molecule has 0 aliphatic heterocycles. The van der Waals surface area contributed by atoms with Gasteiger partial charge in [-0.3, -0.25) is 24.5 Å². The molecule has 31 heavy (non-hydrogen) atoms. The summed E-state index contributed by atoms with van der Waals surface area (Å²) < 4.78 is 7.95. The zero-order valence-electron chi connectivity index (χ0n) is 16.3. The van der Waals surface area contributed by atoms with E-state index < -0.39 is 22.3 Å². The molecule has 0 aliphatic rings. The molecule has 4 rings (SSSR count). The Hall–Kier alpha value is -4.19. The number of nitro groups is 1. The summed E-state index contributed by atoms with van der Waals surface area (Å²) in [7, 11) is 1.47. The third kappa shape index (κ3) is 3.83. The van der Waals surface area contributed by atoms with Crippen molar-refractivity contribution in [2.75, 3.05) is 5.32 Å². The van der Waals surface area contributed by atoms with E-state index in [1.807, 2.05) is 0 Å². The number of nitro benzene ring substituents is 1. The van der Waals surface area contributed by atoms with Gasteiger partial charge in [-0.1, -0.05) is 0 Å². The molecule has 1 unspecified atom stereocenters. The Labute approximate surface area is 173 Å². The quantitative estimate of drug-likeness (QED) is 0.294. The number of non-ortho nitro benzene ring substituents is 1. The number of furan rings is 1. The molecule has 0 amide bonds. The second-order valence-corrected chi connectivity index (χ2v) is 6.83. The van der Waals surface area contributed by atoms with E-state index in [9.17, 15) is 24.8 Å². The Morgan fingerprint density at radius 2 is 2.03 bits per heavy atom. The molecule has 0 bridgehead atoms. The highest BCUT2D eigenvalue weighted by Crippen LogP contribution is 2.23. The Balaban J connectivity index is 1.74. The number of rotatable bonds is 7. The first-order valence-corrected chi connectivity index (χ1v) is 9.23. The number of aliphatic hydroxyl groups is 1. The molecule has 3 N–H and O–H groups in total. The number of fused-ring (bicyclic) bond motifs is 1. The molecule has 0 spiro atoms. The summed E-state index contributed by atoms with van der Waals surface area (Å²) in [6.45, 7) is 0.173. The van der Waals surface area contributed by atoms with Crippen LogP contribution in [0.15, 0.2) is 56.7 Å². The van der Waals surface area contributed by atoms with Crippen LogP contribution >= 0.6 is 0 Å². The summed E-state index contributed by atoms with van der Waals surface area (Å²) in [5.74, 6) is 0.872. The average Bonchev–Trinajstić information content (AvgIpc) is 3.39. The van der Waals surface area contributed by atoms with Gasteiger partial charge in [0.25, 0.3) is 11.2 Å². The third-order valence-corrected chi connectivity index (χ3v) is 4.85. The lowest BCUT2D eigenvalue weighted by molar-refractivity contribution is -0.384. The Morgan fingerprint density at radius 1 is 1.29 bits per heavy atom. The molecule has 4 aromatic rings. The molecule has 12 nitrogen and oxygen atoms in total. The lowest BCUT2D eigenvalue weighted by Crippen LogP contribution is -2.29. The molecule has 0 aliphatic carbocycles. The van der Waals surface area contributed by atoms with E-state index in [0.29, 0.717) is 11.3 Å². The molecule has 3 heterocycles. The van der Waals surface area contributed by atoms with Gasteiger partial charge in [-0.25, -0.2) is 4.79 Å². The number of aliphatic hydroxyl groups excluding tert-OH is 1. The number of nitrogens with zero attached hydrogens (tertiary/aromatic N) is 4. The summed E-state index contributed by atoms with van der Waals surface area (Å²) >= 11 is 0. The SMILES string of the molecule is Cn1c(=O)[nH]c(=O)c2c1nc(NCc1ccco1)n2CC(O)c1ccc([N+](=O)[O-])cc1. The van der Waals surface area contributed by atoms with Crippen LogP contribution in [-0.4, -0.2) is 29.1 Å². The van der Waals surface area contributed by atoms with Crippen molar-refractivity contribution >= 4 is 22.8 Å². The van der Waals surface area contributed by atoms with Crippen LogP contribution in [0.25, 0.3) is 11.2 Å². The van der Waals surface area contributed by atoms with Gasteiger partial charge in [0.2, 0.25) is 5.95 Å². The lowest BCUT2D eigenvalue weighted by atomic mass is 10.1. The normalized spacial score (nSPS) is 12.2. The van der Waals surface area contributed by atoms with Gasteiger partial charge < -0.3 is 19.4 Å². The van der Waals surface area contributed by atoms with E-state index >= 15 is 0 Å². The number of aryl methyl sites for hydroxylation is 1. The van der Waals surface area contributed by atoms with Gasteiger partial charge in [0.05, 0.1) is 30.4 Å². The molecular formula is C19H18N6O6. The largest absolute Gasteiger partial charge is 0.467 e. The van der Waals surface area contributed by atoms with Gasteiger partial charge >= 0.3 is 5.69 Å². The molecular weight excluding hydrogens is 408 g/mol. The average molecular weight is 426 g/mol. The fraction of sp³-hybridized carbons (Fsp3) is 0.211. The second-order valence-electron chi connectivity index (χ2n) is 6.83. The fourth-order valence-corrected chi connectivity index (χ4v) is 3.22. The number of aromatic nitrogens is 4. The molecule has 3 aromatic heterocycles. The van der Waals surface area contributed by atoms with Crippen LogP contribution in [0.1, 0.15) is 17.4 Å². The van der Waals surface area contributed by atoms with E-state index in [-0.39, 0.29) is 35.9 Å².